The lowest BCUT2D eigenvalue weighted by Gasteiger charge is -2.08. The number of H-pyrrole nitrogens is 1. The molecule has 1 aromatic heterocycles. The van der Waals surface area contributed by atoms with Gasteiger partial charge < -0.3 is 20.9 Å². The minimum Gasteiger partial charge on any atom is -0.347 e. The van der Waals surface area contributed by atoms with E-state index in [9.17, 15) is 14.4 Å². The lowest BCUT2D eigenvalue weighted by atomic mass is 10.2. The van der Waals surface area contributed by atoms with E-state index >= 15 is 0 Å². The number of aromatic nitrogens is 2. The van der Waals surface area contributed by atoms with E-state index in [-0.39, 0.29) is 5.91 Å². The number of hydrogen-bond acceptors (Lipinski definition) is 5. The van der Waals surface area contributed by atoms with Gasteiger partial charge in [-0.15, -0.1) is 0 Å². The largest absolute Gasteiger partial charge is 0.347 e. The molecule has 154 valence electrons. The first kappa shape index (κ1) is 21.1. The molecule has 0 bridgehead atoms. The van der Waals surface area contributed by atoms with Crippen LogP contribution in [0.5, 0.6) is 0 Å². The Labute approximate surface area is 177 Å². The summed E-state index contributed by atoms with van der Waals surface area (Å²) in [6.07, 6.45) is 1.76. The maximum Gasteiger partial charge on any atom is 0.313 e. The Morgan fingerprint density at radius 3 is 2.43 bits per heavy atom. The SMILES string of the molecule is CC(=O)Nc1cccc(NC(=O)C(=O)NCCSc2ncc(-c3ccccc3)[nH]2)c1. The second kappa shape index (κ2) is 10.3. The molecule has 0 saturated heterocycles. The van der Waals surface area contributed by atoms with Gasteiger partial charge >= 0.3 is 11.8 Å². The first-order valence-electron chi connectivity index (χ1n) is 9.21. The van der Waals surface area contributed by atoms with Crippen LogP contribution in [0.2, 0.25) is 0 Å². The predicted molar refractivity (Wildman–Crippen MR) is 117 cm³/mol. The van der Waals surface area contributed by atoms with E-state index in [0.717, 1.165) is 16.4 Å². The summed E-state index contributed by atoms with van der Waals surface area (Å²) < 4.78 is 0. The maximum atomic E-state index is 12.0. The van der Waals surface area contributed by atoms with Gasteiger partial charge in [-0.3, -0.25) is 14.4 Å². The Bertz CT molecular complexity index is 1040. The molecule has 8 nitrogen and oxygen atoms in total. The topological polar surface area (TPSA) is 116 Å². The Hall–Kier alpha value is -3.59. The van der Waals surface area contributed by atoms with E-state index in [1.54, 1.807) is 30.5 Å². The van der Waals surface area contributed by atoms with E-state index in [1.807, 2.05) is 30.3 Å². The number of thioether (sulfide) groups is 1. The molecular formula is C21H21N5O3S. The molecule has 30 heavy (non-hydrogen) atoms. The smallest absolute Gasteiger partial charge is 0.313 e. The first-order valence-corrected chi connectivity index (χ1v) is 10.2. The highest BCUT2D eigenvalue weighted by Gasteiger charge is 2.13. The lowest BCUT2D eigenvalue weighted by Crippen LogP contribution is -2.36. The third-order valence-electron chi connectivity index (χ3n) is 3.91. The fraction of sp³-hybridized carbons (Fsp3) is 0.143. The van der Waals surface area contributed by atoms with Crippen LogP contribution in [0, 0.1) is 0 Å². The van der Waals surface area contributed by atoms with Gasteiger partial charge in [0.15, 0.2) is 5.16 Å². The average Bonchev–Trinajstić information content (AvgIpc) is 3.20. The quantitative estimate of drug-likeness (QED) is 0.265. The molecule has 0 aliphatic heterocycles. The van der Waals surface area contributed by atoms with Crippen molar-refractivity contribution >= 4 is 40.9 Å². The van der Waals surface area contributed by atoms with Gasteiger partial charge in [0.05, 0.1) is 11.9 Å². The van der Waals surface area contributed by atoms with Gasteiger partial charge in [-0.2, -0.15) is 0 Å². The number of amides is 3. The van der Waals surface area contributed by atoms with E-state index < -0.39 is 11.8 Å². The van der Waals surface area contributed by atoms with Crippen LogP contribution >= 0.6 is 11.8 Å². The van der Waals surface area contributed by atoms with Crippen molar-refractivity contribution in [2.24, 2.45) is 0 Å². The standard InChI is InChI=1S/C21H21N5O3S/c1-14(27)24-16-8-5-9-17(12-16)25-20(29)19(28)22-10-11-30-21-23-13-18(26-21)15-6-3-2-4-7-15/h2-9,12-13H,10-11H2,1H3,(H,22,28)(H,23,26)(H,24,27)(H,25,29). The Morgan fingerprint density at radius 1 is 0.967 bits per heavy atom. The molecule has 2 aromatic carbocycles. The summed E-state index contributed by atoms with van der Waals surface area (Å²) >= 11 is 1.45. The number of hydrogen-bond donors (Lipinski definition) is 4. The van der Waals surface area contributed by atoms with Crippen LogP contribution in [-0.4, -0.2) is 40.0 Å². The molecule has 0 saturated carbocycles. The van der Waals surface area contributed by atoms with Crippen LogP contribution in [0.1, 0.15) is 6.92 Å². The Balaban J connectivity index is 1.42. The molecule has 0 fully saturated rings. The van der Waals surface area contributed by atoms with Crippen molar-refractivity contribution in [3.05, 3.63) is 60.8 Å². The van der Waals surface area contributed by atoms with Gasteiger partial charge in [-0.1, -0.05) is 48.2 Å². The summed E-state index contributed by atoms with van der Waals surface area (Å²) in [7, 11) is 0. The number of aromatic amines is 1. The highest BCUT2D eigenvalue weighted by molar-refractivity contribution is 7.99. The van der Waals surface area contributed by atoms with Crippen LogP contribution < -0.4 is 16.0 Å². The molecule has 0 unspecified atom stereocenters. The number of anilines is 2. The van der Waals surface area contributed by atoms with E-state index in [1.165, 1.54) is 18.7 Å². The van der Waals surface area contributed by atoms with Gasteiger partial charge in [0, 0.05) is 30.6 Å². The first-order chi connectivity index (χ1) is 14.5. The van der Waals surface area contributed by atoms with Crippen LogP contribution in [0.15, 0.2) is 66.0 Å². The highest BCUT2D eigenvalue weighted by atomic mass is 32.2. The monoisotopic (exact) mass is 423 g/mol. The van der Waals surface area contributed by atoms with Crippen molar-refractivity contribution in [1.29, 1.82) is 0 Å². The van der Waals surface area contributed by atoms with Crippen molar-refractivity contribution in [2.45, 2.75) is 12.1 Å². The molecule has 0 spiro atoms. The molecular weight excluding hydrogens is 402 g/mol. The molecule has 0 radical (unpaired) electrons. The second-order valence-corrected chi connectivity index (χ2v) is 7.37. The molecule has 3 aromatic rings. The summed E-state index contributed by atoms with van der Waals surface area (Å²) in [5.41, 5.74) is 2.91. The van der Waals surface area contributed by atoms with Crippen LogP contribution in [0.3, 0.4) is 0 Å². The Morgan fingerprint density at radius 2 is 1.70 bits per heavy atom. The van der Waals surface area contributed by atoms with Crippen molar-refractivity contribution in [3.63, 3.8) is 0 Å². The van der Waals surface area contributed by atoms with E-state index in [2.05, 4.69) is 25.9 Å². The summed E-state index contributed by atoms with van der Waals surface area (Å²) in [5, 5.41) is 8.44. The van der Waals surface area contributed by atoms with Crippen molar-refractivity contribution < 1.29 is 14.4 Å². The minimum absolute atomic E-state index is 0.221. The number of imidazole rings is 1. The maximum absolute atomic E-state index is 12.0. The fourth-order valence-corrected chi connectivity index (χ4v) is 3.31. The van der Waals surface area contributed by atoms with Crippen molar-refractivity contribution in [2.75, 3.05) is 22.9 Å². The third kappa shape index (κ3) is 6.21. The molecule has 0 atom stereocenters. The number of rotatable bonds is 7. The van der Waals surface area contributed by atoms with Crippen LogP contribution in [-0.2, 0) is 14.4 Å². The number of carbonyl (C=O) groups excluding carboxylic acids is 3. The lowest BCUT2D eigenvalue weighted by molar-refractivity contribution is -0.136. The van der Waals surface area contributed by atoms with Crippen molar-refractivity contribution in [3.8, 4) is 11.3 Å². The van der Waals surface area contributed by atoms with E-state index in [4.69, 9.17) is 0 Å². The molecule has 3 amide bonds. The summed E-state index contributed by atoms with van der Waals surface area (Å²) in [5.74, 6) is -1.17. The number of nitrogens with one attached hydrogen (secondary N) is 4. The Kier molecular flexibility index (Phi) is 7.23. The second-order valence-electron chi connectivity index (χ2n) is 6.29. The van der Waals surface area contributed by atoms with Gasteiger partial charge in [-0.25, -0.2) is 4.98 Å². The number of nitrogens with zero attached hydrogens (tertiary/aromatic N) is 1. The van der Waals surface area contributed by atoms with Gasteiger partial charge in [0.1, 0.15) is 0 Å². The van der Waals surface area contributed by atoms with Crippen LogP contribution in [0.4, 0.5) is 11.4 Å². The van der Waals surface area contributed by atoms with Crippen molar-refractivity contribution in [1.82, 2.24) is 15.3 Å². The average molecular weight is 423 g/mol. The van der Waals surface area contributed by atoms with Gasteiger partial charge in [-0.05, 0) is 23.8 Å². The molecule has 1 heterocycles. The summed E-state index contributed by atoms with van der Waals surface area (Å²) in [6.45, 7) is 1.70. The zero-order valence-corrected chi connectivity index (χ0v) is 17.1. The fourth-order valence-electron chi connectivity index (χ4n) is 2.60. The molecule has 3 rings (SSSR count). The highest BCUT2D eigenvalue weighted by Crippen LogP contribution is 2.20. The van der Waals surface area contributed by atoms with E-state index in [0.29, 0.717) is 23.7 Å². The predicted octanol–water partition coefficient (Wildman–Crippen LogP) is 2.88. The summed E-state index contributed by atoms with van der Waals surface area (Å²) in [4.78, 5) is 42.7. The normalized spacial score (nSPS) is 10.3. The molecule has 4 N–H and O–H groups in total. The minimum atomic E-state index is -0.774. The molecule has 0 aliphatic carbocycles. The third-order valence-corrected chi connectivity index (χ3v) is 4.80. The van der Waals surface area contributed by atoms with Gasteiger partial charge in [0.25, 0.3) is 0 Å². The molecule has 9 heteroatoms. The zero-order chi connectivity index (χ0) is 21.3. The molecule has 0 aliphatic rings. The summed E-state index contributed by atoms with van der Waals surface area (Å²) in [6, 6.07) is 16.4. The van der Waals surface area contributed by atoms with Gasteiger partial charge in [0.2, 0.25) is 5.91 Å². The number of carbonyl (C=O) groups is 3. The number of benzene rings is 2. The zero-order valence-electron chi connectivity index (χ0n) is 16.3. The van der Waals surface area contributed by atoms with Crippen LogP contribution in [0.25, 0.3) is 11.3 Å².